The number of piperazine rings is 1. The summed E-state index contributed by atoms with van der Waals surface area (Å²) in [4.78, 5) is 28.4. The van der Waals surface area contributed by atoms with Gasteiger partial charge in [-0.15, -0.1) is 0 Å². The van der Waals surface area contributed by atoms with E-state index in [2.05, 4.69) is 15.1 Å². The zero-order chi connectivity index (χ0) is 24.8. The lowest BCUT2D eigenvalue weighted by Crippen LogP contribution is -2.46. The van der Waals surface area contributed by atoms with Gasteiger partial charge >= 0.3 is 12.1 Å². The van der Waals surface area contributed by atoms with Crippen molar-refractivity contribution < 1.29 is 19.4 Å². The normalized spacial score (nSPS) is 14.2. The van der Waals surface area contributed by atoms with Crippen LogP contribution in [0.15, 0.2) is 54.6 Å². The number of hydrogen-bond acceptors (Lipinski definition) is 5. The number of amides is 1. The Morgan fingerprint density at radius 3 is 2.40 bits per heavy atom. The first-order chi connectivity index (χ1) is 16.9. The zero-order valence-corrected chi connectivity index (χ0v) is 20.7. The molecule has 1 saturated heterocycles. The molecule has 1 aliphatic rings. The van der Waals surface area contributed by atoms with Crippen LogP contribution in [0, 0.1) is 0 Å². The molecule has 0 atom stereocenters. The maximum atomic E-state index is 12.3. The summed E-state index contributed by atoms with van der Waals surface area (Å²) in [6, 6.07) is 15.7. The largest absolute Gasteiger partial charge is 0.478 e. The molecule has 9 heteroatoms. The molecule has 1 fully saturated rings. The third-order valence-electron chi connectivity index (χ3n) is 6.13. The Morgan fingerprint density at radius 2 is 1.66 bits per heavy atom. The number of benzene rings is 3. The molecule has 3 aromatic carbocycles. The van der Waals surface area contributed by atoms with E-state index in [1.54, 1.807) is 30.3 Å². The van der Waals surface area contributed by atoms with Crippen LogP contribution < -0.4 is 15.0 Å². The van der Waals surface area contributed by atoms with Gasteiger partial charge in [0.25, 0.3) is 0 Å². The number of carbonyl (C=O) groups is 2. The SMILES string of the molecule is O=C(NCCCCN1CCN(c2cccc(Cl)c2Cl)CC1)Oc1ccc(C(=O)O)c2ccccc12. The van der Waals surface area contributed by atoms with E-state index in [-0.39, 0.29) is 5.56 Å². The number of carboxylic acids is 1. The first-order valence-corrected chi connectivity index (χ1v) is 12.3. The Balaban J connectivity index is 1.18. The molecule has 4 rings (SSSR count). The molecular formula is C26H27Cl2N3O4. The first kappa shape index (κ1) is 25.1. The molecule has 0 unspecified atom stereocenters. The monoisotopic (exact) mass is 515 g/mol. The highest BCUT2D eigenvalue weighted by molar-refractivity contribution is 6.43. The lowest BCUT2D eigenvalue weighted by Gasteiger charge is -2.36. The number of aromatic carboxylic acids is 1. The zero-order valence-electron chi connectivity index (χ0n) is 19.2. The molecule has 0 saturated carbocycles. The van der Waals surface area contributed by atoms with Gasteiger partial charge in [-0.3, -0.25) is 4.90 Å². The Morgan fingerprint density at radius 1 is 0.914 bits per heavy atom. The summed E-state index contributed by atoms with van der Waals surface area (Å²) in [6.07, 6.45) is 1.23. The molecule has 7 nitrogen and oxygen atoms in total. The second-order valence-electron chi connectivity index (χ2n) is 8.39. The fraction of sp³-hybridized carbons (Fsp3) is 0.308. The predicted molar refractivity (Wildman–Crippen MR) is 139 cm³/mol. The van der Waals surface area contributed by atoms with Gasteiger partial charge in [-0.05, 0) is 49.0 Å². The molecule has 1 aliphatic heterocycles. The van der Waals surface area contributed by atoms with Crippen molar-refractivity contribution in [2.45, 2.75) is 12.8 Å². The first-order valence-electron chi connectivity index (χ1n) is 11.6. The van der Waals surface area contributed by atoms with Crippen LogP contribution in [0.25, 0.3) is 10.8 Å². The van der Waals surface area contributed by atoms with Crippen molar-refractivity contribution in [2.24, 2.45) is 0 Å². The Bertz CT molecular complexity index is 1210. The summed E-state index contributed by atoms with van der Waals surface area (Å²) in [7, 11) is 0. The number of ether oxygens (including phenoxy) is 1. The number of nitrogens with one attached hydrogen (secondary N) is 1. The number of rotatable bonds is 8. The van der Waals surface area contributed by atoms with E-state index in [0.717, 1.165) is 51.3 Å². The van der Waals surface area contributed by atoms with E-state index in [1.165, 1.54) is 12.1 Å². The summed E-state index contributed by atoms with van der Waals surface area (Å²) in [6.45, 7) is 5.12. The molecule has 0 aliphatic carbocycles. The molecule has 0 spiro atoms. The average molecular weight is 516 g/mol. The average Bonchev–Trinajstić information content (AvgIpc) is 2.86. The number of carboxylic acid groups (broad SMARTS) is 1. The minimum Gasteiger partial charge on any atom is -0.478 e. The maximum Gasteiger partial charge on any atom is 0.412 e. The van der Waals surface area contributed by atoms with Crippen molar-refractivity contribution in [3.05, 3.63) is 70.2 Å². The quantitative estimate of drug-likeness (QED) is 0.383. The van der Waals surface area contributed by atoms with E-state index in [0.29, 0.717) is 33.1 Å². The summed E-state index contributed by atoms with van der Waals surface area (Å²) in [5.41, 5.74) is 1.15. The van der Waals surface area contributed by atoms with Crippen LogP contribution in [0.2, 0.25) is 10.0 Å². The summed E-state index contributed by atoms with van der Waals surface area (Å²) < 4.78 is 5.45. The van der Waals surface area contributed by atoms with Crippen LogP contribution in [-0.4, -0.2) is 61.3 Å². The van der Waals surface area contributed by atoms with Crippen molar-refractivity contribution in [3.8, 4) is 5.75 Å². The molecule has 1 heterocycles. The second-order valence-corrected chi connectivity index (χ2v) is 9.17. The van der Waals surface area contributed by atoms with Crippen LogP contribution in [0.3, 0.4) is 0 Å². The Labute approximate surface area is 214 Å². The molecule has 3 aromatic rings. The molecular weight excluding hydrogens is 489 g/mol. The number of carbonyl (C=O) groups excluding carboxylic acids is 1. The van der Waals surface area contributed by atoms with E-state index in [9.17, 15) is 14.7 Å². The van der Waals surface area contributed by atoms with Crippen LogP contribution in [-0.2, 0) is 0 Å². The Kier molecular flexibility index (Phi) is 8.33. The third kappa shape index (κ3) is 6.17. The lowest BCUT2D eigenvalue weighted by atomic mass is 10.0. The highest BCUT2D eigenvalue weighted by Crippen LogP contribution is 2.33. The van der Waals surface area contributed by atoms with Gasteiger partial charge in [-0.1, -0.05) is 53.5 Å². The van der Waals surface area contributed by atoms with Gasteiger partial charge in [0, 0.05) is 38.1 Å². The van der Waals surface area contributed by atoms with Gasteiger partial charge in [0.1, 0.15) is 5.75 Å². The molecule has 0 aromatic heterocycles. The Hall–Kier alpha value is -3.00. The van der Waals surface area contributed by atoms with Gasteiger partial charge in [-0.25, -0.2) is 9.59 Å². The number of unbranched alkanes of at least 4 members (excludes halogenated alkanes) is 1. The lowest BCUT2D eigenvalue weighted by molar-refractivity contribution is 0.0699. The van der Waals surface area contributed by atoms with Crippen LogP contribution in [0.5, 0.6) is 5.75 Å². The highest BCUT2D eigenvalue weighted by atomic mass is 35.5. The van der Waals surface area contributed by atoms with Crippen LogP contribution in [0.1, 0.15) is 23.2 Å². The molecule has 184 valence electrons. The van der Waals surface area contributed by atoms with Gasteiger partial charge in [0.05, 0.1) is 21.3 Å². The fourth-order valence-electron chi connectivity index (χ4n) is 4.28. The van der Waals surface area contributed by atoms with Crippen molar-refractivity contribution >= 4 is 51.7 Å². The van der Waals surface area contributed by atoms with Crippen molar-refractivity contribution in [1.29, 1.82) is 0 Å². The summed E-state index contributed by atoms with van der Waals surface area (Å²) in [5.74, 6) is -0.687. The highest BCUT2D eigenvalue weighted by Gasteiger charge is 2.19. The smallest absolute Gasteiger partial charge is 0.412 e. The minimum atomic E-state index is -1.02. The van der Waals surface area contributed by atoms with Crippen molar-refractivity contribution in [2.75, 3.05) is 44.2 Å². The van der Waals surface area contributed by atoms with E-state index in [1.807, 2.05) is 12.1 Å². The fourth-order valence-corrected chi connectivity index (χ4v) is 4.70. The van der Waals surface area contributed by atoms with Crippen LogP contribution in [0.4, 0.5) is 10.5 Å². The number of fused-ring (bicyclic) bond motifs is 1. The van der Waals surface area contributed by atoms with Crippen molar-refractivity contribution in [1.82, 2.24) is 10.2 Å². The van der Waals surface area contributed by atoms with Gasteiger partial charge in [-0.2, -0.15) is 0 Å². The second kappa shape index (κ2) is 11.6. The van der Waals surface area contributed by atoms with Gasteiger partial charge < -0.3 is 20.1 Å². The number of halogens is 2. The van der Waals surface area contributed by atoms with E-state index in [4.69, 9.17) is 27.9 Å². The maximum absolute atomic E-state index is 12.3. The van der Waals surface area contributed by atoms with Gasteiger partial charge in [0.15, 0.2) is 0 Å². The number of nitrogens with zero attached hydrogens (tertiary/aromatic N) is 2. The van der Waals surface area contributed by atoms with E-state index < -0.39 is 12.1 Å². The molecule has 35 heavy (non-hydrogen) atoms. The van der Waals surface area contributed by atoms with Crippen LogP contribution >= 0.6 is 23.2 Å². The van der Waals surface area contributed by atoms with Crippen molar-refractivity contribution in [3.63, 3.8) is 0 Å². The molecule has 1 amide bonds. The summed E-state index contributed by atoms with van der Waals surface area (Å²) in [5, 5.41) is 14.4. The van der Waals surface area contributed by atoms with E-state index >= 15 is 0 Å². The third-order valence-corrected chi connectivity index (χ3v) is 6.94. The number of anilines is 1. The topological polar surface area (TPSA) is 82.1 Å². The standard InChI is InChI=1S/C26H27Cl2N3O4/c27-21-8-5-9-22(24(21)28)31-16-14-30(15-17-31)13-4-3-12-29-26(34)35-23-11-10-20(25(32)33)18-6-1-2-7-19(18)23/h1-2,5-11H,3-4,12-17H2,(H,29,34)(H,32,33). The van der Waals surface area contributed by atoms with Gasteiger partial charge in [0.2, 0.25) is 0 Å². The minimum absolute atomic E-state index is 0.171. The molecule has 0 bridgehead atoms. The number of hydrogen-bond donors (Lipinski definition) is 2. The summed E-state index contributed by atoms with van der Waals surface area (Å²) >= 11 is 12.5. The molecule has 2 N–H and O–H groups in total. The predicted octanol–water partition coefficient (Wildman–Crippen LogP) is 5.54. The molecule has 0 radical (unpaired) electrons.